The molecule has 1 aromatic carbocycles. The minimum absolute atomic E-state index is 0.196. The lowest BCUT2D eigenvalue weighted by Crippen LogP contribution is -2.07. The Kier molecular flexibility index (Phi) is 3.67. The van der Waals surface area contributed by atoms with E-state index >= 15 is 0 Å². The largest absolute Gasteiger partial charge is 0.207 e. The molecule has 2 aromatic rings. The van der Waals surface area contributed by atoms with Gasteiger partial charge in [-0.05, 0) is 41.3 Å². The van der Waals surface area contributed by atoms with Crippen molar-refractivity contribution in [2.45, 2.75) is 26.2 Å². The summed E-state index contributed by atoms with van der Waals surface area (Å²) in [5.74, 6) is -0.196. The van der Waals surface area contributed by atoms with Gasteiger partial charge in [0, 0.05) is 9.75 Å². The molecule has 0 aliphatic rings. The fraction of sp³-hybridized carbons (Fsp3) is 0.250. The van der Waals surface area contributed by atoms with Crippen LogP contribution in [0.15, 0.2) is 36.4 Å². The van der Waals surface area contributed by atoms with Gasteiger partial charge in [-0.25, -0.2) is 4.39 Å². The first-order valence-corrected chi connectivity index (χ1v) is 6.81. The fourth-order valence-electron chi connectivity index (χ4n) is 1.60. The third-order valence-electron chi connectivity index (χ3n) is 2.68. The molecule has 1 heterocycles. The Morgan fingerprint density at radius 2 is 1.61 bits per heavy atom. The molecule has 0 nitrogen and oxygen atoms in total. The number of hydrogen-bond donors (Lipinski definition) is 0. The van der Waals surface area contributed by atoms with Gasteiger partial charge < -0.3 is 0 Å². The average molecular weight is 260 g/mol. The Balaban J connectivity index is 2.14. The van der Waals surface area contributed by atoms with Crippen molar-refractivity contribution in [3.05, 3.63) is 57.5 Å². The summed E-state index contributed by atoms with van der Waals surface area (Å²) in [7, 11) is 0. The van der Waals surface area contributed by atoms with Crippen LogP contribution >= 0.6 is 11.3 Å². The summed E-state index contributed by atoms with van der Waals surface area (Å²) in [6.07, 6.45) is 4.09. The van der Waals surface area contributed by atoms with Crippen LogP contribution in [0.4, 0.5) is 4.39 Å². The lowest BCUT2D eigenvalue weighted by Gasteiger charge is -2.15. The van der Waals surface area contributed by atoms with Crippen molar-refractivity contribution >= 4 is 23.5 Å². The summed E-state index contributed by atoms with van der Waals surface area (Å²) < 4.78 is 12.8. The third kappa shape index (κ3) is 3.30. The van der Waals surface area contributed by atoms with Crippen LogP contribution in [0.25, 0.3) is 12.2 Å². The van der Waals surface area contributed by atoms with Gasteiger partial charge in [0.1, 0.15) is 5.82 Å². The zero-order valence-corrected chi connectivity index (χ0v) is 11.7. The van der Waals surface area contributed by atoms with Crippen LogP contribution in [0.1, 0.15) is 36.1 Å². The number of thiophene rings is 1. The highest BCUT2D eigenvalue weighted by Crippen LogP contribution is 2.30. The van der Waals surface area contributed by atoms with Gasteiger partial charge in [-0.15, -0.1) is 11.3 Å². The summed E-state index contributed by atoms with van der Waals surface area (Å²) >= 11 is 1.80. The van der Waals surface area contributed by atoms with E-state index < -0.39 is 0 Å². The Bertz CT molecular complexity index is 541. The lowest BCUT2D eigenvalue weighted by molar-refractivity contribution is 0.604. The number of halogens is 1. The van der Waals surface area contributed by atoms with Gasteiger partial charge in [0.2, 0.25) is 0 Å². The second-order valence-electron chi connectivity index (χ2n) is 5.34. The zero-order valence-electron chi connectivity index (χ0n) is 10.9. The Morgan fingerprint density at radius 3 is 2.17 bits per heavy atom. The maximum Gasteiger partial charge on any atom is 0.123 e. The van der Waals surface area contributed by atoms with Crippen molar-refractivity contribution in [3.8, 4) is 0 Å². The molecule has 0 fully saturated rings. The predicted molar refractivity (Wildman–Crippen MR) is 78.3 cm³/mol. The van der Waals surface area contributed by atoms with Gasteiger partial charge in [-0.3, -0.25) is 0 Å². The van der Waals surface area contributed by atoms with Crippen molar-refractivity contribution in [2.75, 3.05) is 0 Å². The molecule has 0 atom stereocenters. The highest BCUT2D eigenvalue weighted by molar-refractivity contribution is 7.13. The van der Waals surface area contributed by atoms with E-state index in [2.05, 4.69) is 39.0 Å². The van der Waals surface area contributed by atoms with Crippen molar-refractivity contribution in [2.24, 2.45) is 0 Å². The summed E-state index contributed by atoms with van der Waals surface area (Å²) in [6.45, 7) is 6.64. The number of hydrogen-bond acceptors (Lipinski definition) is 1. The summed E-state index contributed by atoms with van der Waals surface area (Å²) in [6, 6.07) is 10.8. The third-order valence-corrected chi connectivity index (χ3v) is 4.15. The highest BCUT2D eigenvalue weighted by atomic mass is 32.1. The van der Waals surface area contributed by atoms with Gasteiger partial charge in [0.05, 0.1) is 0 Å². The first-order chi connectivity index (χ1) is 8.45. The van der Waals surface area contributed by atoms with Crippen LogP contribution in [-0.4, -0.2) is 0 Å². The molecular weight excluding hydrogens is 243 g/mol. The predicted octanol–water partition coefficient (Wildman–Crippen LogP) is 5.36. The van der Waals surface area contributed by atoms with E-state index in [0.29, 0.717) is 0 Å². The molecule has 0 aliphatic carbocycles. The van der Waals surface area contributed by atoms with Crippen molar-refractivity contribution in [3.63, 3.8) is 0 Å². The maximum absolute atomic E-state index is 12.8. The highest BCUT2D eigenvalue weighted by Gasteiger charge is 2.15. The Hall–Kier alpha value is -1.41. The van der Waals surface area contributed by atoms with Gasteiger partial charge in [0.15, 0.2) is 0 Å². The molecule has 0 aliphatic heterocycles. The second-order valence-corrected chi connectivity index (χ2v) is 6.45. The monoisotopic (exact) mass is 260 g/mol. The molecule has 0 N–H and O–H groups in total. The molecule has 2 heteroatoms. The molecule has 2 rings (SSSR count). The maximum atomic E-state index is 12.8. The first-order valence-electron chi connectivity index (χ1n) is 5.99. The van der Waals surface area contributed by atoms with E-state index in [1.165, 1.54) is 21.9 Å². The normalized spacial score (nSPS) is 12.2. The molecule has 0 bridgehead atoms. The van der Waals surface area contributed by atoms with Crippen LogP contribution in [0, 0.1) is 5.82 Å². The molecule has 18 heavy (non-hydrogen) atoms. The van der Waals surface area contributed by atoms with E-state index in [1.54, 1.807) is 23.5 Å². The zero-order chi connectivity index (χ0) is 13.2. The Morgan fingerprint density at radius 1 is 0.944 bits per heavy atom. The van der Waals surface area contributed by atoms with Gasteiger partial charge in [-0.2, -0.15) is 0 Å². The minimum Gasteiger partial charge on any atom is -0.207 e. The van der Waals surface area contributed by atoms with Crippen LogP contribution < -0.4 is 0 Å². The SMILES string of the molecule is CC(C)(C)c1ccc(/C=C/c2ccc(F)cc2)s1. The molecule has 0 radical (unpaired) electrons. The smallest absolute Gasteiger partial charge is 0.123 e. The van der Waals surface area contributed by atoms with E-state index in [4.69, 9.17) is 0 Å². The standard InChI is InChI=1S/C16H17FS/c1-16(2,3)15-11-10-14(18-15)9-6-12-4-7-13(17)8-5-12/h4-11H,1-3H3/b9-6+. The van der Waals surface area contributed by atoms with Crippen LogP contribution in [-0.2, 0) is 5.41 Å². The average Bonchev–Trinajstić information content (AvgIpc) is 2.77. The minimum atomic E-state index is -0.196. The van der Waals surface area contributed by atoms with Crippen molar-refractivity contribution in [1.82, 2.24) is 0 Å². The number of rotatable bonds is 2. The topological polar surface area (TPSA) is 0 Å². The summed E-state index contributed by atoms with van der Waals surface area (Å²) in [5.41, 5.74) is 1.22. The molecule has 94 valence electrons. The van der Waals surface area contributed by atoms with E-state index in [1.807, 2.05) is 6.08 Å². The van der Waals surface area contributed by atoms with Crippen molar-refractivity contribution in [1.29, 1.82) is 0 Å². The van der Waals surface area contributed by atoms with E-state index in [9.17, 15) is 4.39 Å². The number of benzene rings is 1. The van der Waals surface area contributed by atoms with E-state index in [-0.39, 0.29) is 11.2 Å². The molecule has 0 saturated carbocycles. The molecule has 1 aromatic heterocycles. The summed E-state index contributed by atoms with van der Waals surface area (Å²) in [4.78, 5) is 2.60. The molecule has 0 saturated heterocycles. The van der Waals surface area contributed by atoms with Gasteiger partial charge in [-0.1, -0.05) is 39.0 Å². The molecule has 0 amide bonds. The van der Waals surface area contributed by atoms with Gasteiger partial charge >= 0.3 is 0 Å². The molecular formula is C16H17FS. The van der Waals surface area contributed by atoms with Crippen LogP contribution in [0.5, 0.6) is 0 Å². The van der Waals surface area contributed by atoms with Crippen molar-refractivity contribution < 1.29 is 4.39 Å². The molecule has 0 unspecified atom stereocenters. The van der Waals surface area contributed by atoms with Crippen LogP contribution in [0.2, 0.25) is 0 Å². The second kappa shape index (κ2) is 5.07. The fourth-order valence-corrected chi connectivity index (χ4v) is 2.57. The van der Waals surface area contributed by atoms with Gasteiger partial charge in [0.25, 0.3) is 0 Å². The van der Waals surface area contributed by atoms with Crippen LogP contribution in [0.3, 0.4) is 0 Å². The Labute approximate surface area is 112 Å². The molecule has 0 spiro atoms. The quantitative estimate of drug-likeness (QED) is 0.682. The first kappa shape index (κ1) is 13.0. The summed E-state index contributed by atoms with van der Waals surface area (Å²) in [5, 5.41) is 0. The van der Waals surface area contributed by atoms with E-state index in [0.717, 1.165) is 5.56 Å². The lowest BCUT2D eigenvalue weighted by atomic mass is 9.95.